The Morgan fingerprint density at radius 1 is 1.35 bits per heavy atom. The molecule has 1 aromatic carbocycles. The molecule has 0 fully saturated rings. The van der Waals surface area contributed by atoms with Crippen molar-refractivity contribution in [2.75, 3.05) is 12.8 Å². The fourth-order valence-corrected chi connectivity index (χ4v) is 1.94. The van der Waals surface area contributed by atoms with Crippen LogP contribution in [0.25, 0.3) is 0 Å². The first-order valence-electron chi connectivity index (χ1n) is 6.39. The number of nitrogens with two attached hydrogens (primary N) is 1. The summed E-state index contributed by atoms with van der Waals surface area (Å²) in [5.74, 6) is -1.02. The molecule has 0 heterocycles. The number of carboxylic acids is 1. The second-order valence-corrected chi connectivity index (χ2v) is 4.50. The van der Waals surface area contributed by atoms with Crippen LogP contribution in [0.3, 0.4) is 0 Å². The fourth-order valence-electron chi connectivity index (χ4n) is 1.94. The van der Waals surface area contributed by atoms with Crippen molar-refractivity contribution in [3.05, 3.63) is 23.8 Å². The summed E-state index contributed by atoms with van der Waals surface area (Å²) in [6.45, 7) is 3.44. The maximum atomic E-state index is 12.2. The van der Waals surface area contributed by atoms with Gasteiger partial charge in [0.15, 0.2) is 0 Å². The van der Waals surface area contributed by atoms with Crippen LogP contribution in [0.2, 0.25) is 0 Å². The van der Waals surface area contributed by atoms with Gasteiger partial charge >= 0.3 is 5.97 Å². The highest BCUT2D eigenvalue weighted by Crippen LogP contribution is 2.22. The number of rotatable bonds is 6. The molecule has 0 atom stereocenters. The van der Waals surface area contributed by atoms with Gasteiger partial charge in [-0.1, -0.05) is 13.8 Å². The number of methoxy groups -OCH3 is 1. The molecule has 1 aromatic rings. The number of hydrogen-bond acceptors (Lipinski definition) is 4. The van der Waals surface area contributed by atoms with Gasteiger partial charge in [0.25, 0.3) is 5.91 Å². The number of nitrogens with one attached hydrogen (secondary N) is 1. The average molecular weight is 280 g/mol. The lowest BCUT2D eigenvalue weighted by molar-refractivity contribution is -0.144. The number of benzene rings is 1. The van der Waals surface area contributed by atoms with Crippen LogP contribution in [0.1, 0.15) is 37.0 Å². The molecule has 4 N–H and O–H groups in total. The molecular formula is C14H20N2O4. The molecule has 0 aliphatic heterocycles. The summed E-state index contributed by atoms with van der Waals surface area (Å²) in [7, 11) is 1.50. The Morgan fingerprint density at radius 3 is 2.35 bits per heavy atom. The molecule has 0 unspecified atom stereocenters. The molecule has 1 amide bonds. The molecule has 0 radical (unpaired) electrons. The van der Waals surface area contributed by atoms with Crippen molar-refractivity contribution in [2.24, 2.45) is 0 Å². The van der Waals surface area contributed by atoms with Crippen molar-refractivity contribution in [1.82, 2.24) is 5.32 Å². The Hall–Kier alpha value is -2.24. The van der Waals surface area contributed by atoms with Gasteiger partial charge in [0, 0.05) is 11.8 Å². The summed E-state index contributed by atoms with van der Waals surface area (Å²) in [4.78, 5) is 23.6. The zero-order valence-electron chi connectivity index (χ0n) is 11.9. The third kappa shape index (κ3) is 3.01. The van der Waals surface area contributed by atoms with E-state index in [2.05, 4.69) is 5.32 Å². The topological polar surface area (TPSA) is 102 Å². The lowest BCUT2D eigenvalue weighted by atomic mass is 9.92. The standard InChI is InChI=1S/C14H20N2O4/c1-4-14(5-2,13(18)19)16-12(17)10-7-6-9(20-3)8-11(10)15/h6-8H,4-5,15H2,1-3H3,(H,16,17)(H,18,19). The van der Waals surface area contributed by atoms with E-state index in [9.17, 15) is 14.7 Å². The quantitative estimate of drug-likeness (QED) is 0.688. The summed E-state index contributed by atoms with van der Waals surface area (Å²) in [5.41, 5.74) is 4.99. The molecule has 6 nitrogen and oxygen atoms in total. The minimum Gasteiger partial charge on any atom is -0.497 e. The van der Waals surface area contributed by atoms with Gasteiger partial charge in [0.2, 0.25) is 0 Å². The lowest BCUT2D eigenvalue weighted by Crippen LogP contribution is -2.53. The first-order chi connectivity index (χ1) is 9.40. The van der Waals surface area contributed by atoms with Gasteiger partial charge in [0.1, 0.15) is 11.3 Å². The maximum Gasteiger partial charge on any atom is 0.329 e. The Kier molecular flexibility index (Phi) is 4.96. The van der Waals surface area contributed by atoms with E-state index in [4.69, 9.17) is 10.5 Å². The number of ether oxygens (including phenoxy) is 1. The zero-order chi connectivity index (χ0) is 15.3. The van der Waals surface area contributed by atoms with Crippen LogP contribution in [-0.4, -0.2) is 29.6 Å². The molecule has 0 aromatic heterocycles. The van der Waals surface area contributed by atoms with E-state index in [0.717, 1.165) is 0 Å². The van der Waals surface area contributed by atoms with Crippen molar-refractivity contribution < 1.29 is 19.4 Å². The van der Waals surface area contributed by atoms with E-state index >= 15 is 0 Å². The molecule has 0 aliphatic carbocycles. The molecule has 6 heteroatoms. The van der Waals surface area contributed by atoms with Gasteiger partial charge in [-0.05, 0) is 25.0 Å². The molecule has 0 bridgehead atoms. The predicted molar refractivity (Wildman–Crippen MR) is 75.8 cm³/mol. The first-order valence-corrected chi connectivity index (χ1v) is 6.39. The summed E-state index contributed by atoms with van der Waals surface area (Å²) in [6, 6.07) is 4.64. The van der Waals surface area contributed by atoms with Crippen molar-refractivity contribution in [3.8, 4) is 5.75 Å². The molecule has 0 saturated heterocycles. The Labute approximate surface area is 117 Å². The molecule has 110 valence electrons. The SMILES string of the molecule is CCC(CC)(NC(=O)c1ccc(OC)cc1N)C(=O)O. The molecule has 20 heavy (non-hydrogen) atoms. The van der Waals surface area contributed by atoms with Crippen LogP contribution in [0, 0.1) is 0 Å². The van der Waals surface area contributed by atoms with Gasteiger partial charge in [-0.3, -0.25) is 4.79 Å². The second-order valence-electron chi connectivity index (χ2n) is 4.50. The van der Waals surface area contributed by atoms with E-state index in [1.54, 1.807) is 19.9 Å². The maximum absolute atomic E-state index is 12.2. The molecular weight excluding hydrogens is 260 g/mol. The van der Waals surface area contributed by atoms with Gasteiger partial charge in [0.05, 0.1) is 12.7 Å². The monoisotopic (exact) mass is 280 g/mol. The highest BCUT2D eigenvalue weighted by molar-refractivity contribution is 6.01. The zero-order valence-corrected chi connectivity index (χ0v) is 11.9. The van der Waals surface area contributed by atoms with E-state index in [-0.39, 0.29) is 11.3 Å². The Balaban J connectivity index is 3.04. The number of hydrogen-bond donors (Lipinski definition) is 3. The number of nitrogen functional groups attached to an aromatic ring is 1. The van der Waals surface area contributed by atoms with Crippen molar-refractivity contribution in [3.63, 3.8) is 0 Å². The third-order valence-electron chi connectivity index (χ3n) is 3.47. The number of amides is 1. The number of carboxylic acid groups (broad SMARTS) is 1. The molecule has 1 rings (SSSR count). The summed E-state index contributed by atoms with van der Waals surface area (Å²) < 4.78 is 5.01. The average Bonchev–Trinajstić information content (AvgIpc) is 2.43. The van der Waals surface area contributed by atoms with Crippen molar-refractivity contribution in [1.29, 1.82) is 0 Å². The number of aliphatic carboxylic acids is 1. The van der Waals surface area contributed by atoms with Crippen LogP contribution < -0.4 is 15.8 Å². The van der Waals surface area contributed by atoms with Crippen LogP contribution >= 0.6 is 0 Å². The minimum atomic E-state index is -1.27. The lowest BCUT2D eigenvalue weighted by Gasteiger charge is -2.28. The first kappa shape index (κ1) is 15.8. The number of carbonyl (C=O) groups is 2. The van der Waals surface area contributed by atoms with Crippen LogP contribution in [0.15, 0.2) is 18.2 Å². The fraction of sp³-hybridized carbons (Fsp3) is 0.429. The summed E-state index contributed by atoms with van der Waals surface area (Å²) in [6.07, 6.45) is 0.585. The smallest absolute Gasteiger partial charge is 0.329 e. The minimum absolute atomic E-state index is 0.235. The Morgan fingerprint density at radius 2 is 1.95 bits per heavy atom. The third-order valence-corrected chi connectivity index (χ3v) is 3.47. The summed E-state index contributed by atoms with van der Waals surface area (Å²) in [5, 5.41) is 11.9. The number of carbonyl (C=O) groups excluding carboxylic acids is 1. The van der Waals surface area contributed by atoms with Crippen LogP contribution in [0.5, 0.6) is 5.75 Å². The number of anilines is 1. The van der Waals surface area contributed by atoms with Crippen molar-refractivity contribution in [2.45, 2.75) is 32.2 Å². The van der Waals surface area contributed by atoms with E-state index < -0.39 is 17.4 Å². The Bertz CT molecular complexity index is 510. The molecule has 0 spiro atoms. The van der Waals surface area contributed by atoms with Gasteiger partial charge < -0.3 is 20.9 Å². The summed E-state index contributed by atoms with van der Waals surface area (Å²) >= 11 is 0. The normalized spacial score (nSPS) is 10.9. The molecule has 0 saturated carbocycles. The van der Waals surface area contributed by atoms with E-state index in [1.807, 2.05) is 0 Å². The van der Waals surface area contributed by atoms with E-state index in [0.29, 0.717) is 18.6 Å². The highest BCUT2D eigenvalue weighted by Gasteiger charge is 2.36. The van der Waals surface area contributed by atoms with E-state index in [1.165, 1.54) is 19.2 Å². The van der Waals surface area contributed by atoms with Crippen LogP contribution in [0.4, 0.5) is 5.69 Å². The highest BCUT2D eigenvalue weighted by atomic mass is 16.5. The van der Waals surface area contributed by atoms with Crippen LogP contribution in [-0.2, 0) is 4.79 Å². The second kappa shape index (κ2) is 6.27. The van der Waals surface area contributed by atoms with Gasteiger partial charge in [-0.15, -0.1) is 0 Å². The van der Waals surface area contributed by atoms with Crippen molar-refractivity contribution >= 4 is 17.6 Å². The van der Waals surface area contributed by atoms with Gasteiger partial charge in [-0.2, -0.15) is 0 Å². The largest absolute Gasteiger partial charge is 0.497 e. The van der Waals surface area contributed by atoms with Gasteiger partial charge in [-0.25, -0.2) is 4.79 Å². The molecule has 0 aliphatic rings. The predicted octanol–water partition coefficient (Wildman–Crippen LogP) is 1.65.